The maximum atomic E-state index is 15.8. The number of carbonyl (C=O) groups is 1. The summed E-state index contributed by atoms with van der Waals surface area (Å²) in [7, 11) is 1.94. The van der Waals surface area contributed by atoms with Crippen molar-refractivity contribution in [2.45, 2.75) is 18.9 Å². The molecule has 1 aliphatic carbocycles. The van der Waals surface area contributed by atoms with E-state index in [2.05, 4.69) is 10.2 Å². The molecular formula is C20H25F2N5O3. The molecule has 2 aromatic rings. The monoisotopic (exact) mass is 421 g/mol. The summed E-state index contributed by atoms with van der Waals surface area (Å²) in [5, 5.41) is 12.0. The standard InChI is InChI=1S/C20H25F2N5O3/c1-25-6-8-26(9-7-25)18-14(21)16(24-5-4-23)13-17(15(18)22)27(11-2-3-11)10-12(19(13)28)20(29)30/h10-11,24H,2-9,23H2,1H3,(H,29,30). The van der Waals surface area contributed by atoms with Crippen LogP contribution in [0.3, 0.4) is 0 Å². The largest absolute Gasteiger partial charge is 0.477 e. The molecule has 2 heterocycles. The number of hydrogen-bond acceptors (Lipinski definition) is 6. The molecule has 1 saturated heterocycles. The van der Waals surface area contributed by atoms with Gasteiger partial charge in [0.1, 0.15) is 11.3 Å². The Labute approximate surface area is 171 Å². The van der Waals surface area contributed by atoms with Gasteiger partial charge in [-0.25, -0.2) is 13.6 Å². The molecule has 8 nitrogen and oxygen atoms in total. The Hall–Kier alpha value is -2.72. The van der Waals surface area contributed by atoms with Crippen LogP contribution in [-0.2, 0) is 0 Å². The van der Waals surface area contributed by atoms with Crippen molar-refractivity contribution in [2.24, 2.45) is 5.73 Å². The number of aromatic nitrogens is 1. The van der Waals surface area contributed by atoms with Crippen LogP contribution in [0.5, 0.6) is 0 Å². The molecule has 4 rings (SSSR count). The van der Waals surface area contributed by atoms with E-state index in [0.29, 0.717) is 26.2 Å². The van der Waals surface area contributed by atoms with Crippen molar-refractivity contribution in [3.05, 3.63) is 33.6 Å². The Morgan fingerprint density at radius 1 is 1.23 bits per heavy atom. The van der Waals surface area contributed by atoms with Crippen LogP contribution >= 0.6 is 0 Å². The number of nitrogens with zero attached hydrogens (tertiary/aromatic N) is 3. The summed E-state index contributed by atoms with van der Waals surface area (Å²) in [5.41, 5.74) is 3.71. The van der Waals surface area contributed by atoms with Crippen LogP contribution in [0.4, 0.5) is 20.2 Å². The molecule has 4 N–H and O–H groups in total. The van der Waals surface area contributed by atoms with Crippen molar-refractivity contribution in [1.29, 1.82) is 0 Å². The number of fused-ring (bicyclic) bond motifs is 1. The number of benzene rings is 1. The fourth-order valence-electron chi connectivity index (χ4n) is 3.99. The topological polar surface area (TPSA) is 104 Å². The first kappa shape index (κ1) is 20.5. The van der Waals surface area contributed by atoms with Crippen LogP contribution < -0.4 is 21.4 Å². The Balaban J connectivity index is 2.05. The number of nitrogens with two attached hydrogens (primary N) is 1. The van der Waals surface area contributed by atoms with Gasteiger partial charge in [0.15, 0.2) is 11.6 Å². The molecule has 1 aliphatic heterocycles. The molecule has 0 unspecified atom stereocenters. The van der Waals surface area contributed by atoms with Gasteiger partial charge in [-0.15, -0.1) is 0 Å². The van der Waals surface area contributed by atoms with Crippen molar-refractivity contribution in [1.82, 2.24) is 9.47 Å². The summed E-state index contributed by atoms with van der Waals surface area (Å²) in [5.74, 6) is -3.14. The van der Waals surface area contributed by atoms with E-state index in [1.54, 1.807) is 4.90 Å². The summed E-state index contributed by atoms with van der Waals surface area (Å²) >= 11 is 0. The van der Waals surface area contributed by atoms with Crippen molar-refractivity contribution >= 4 is 28.2 Å². The van der Waals surface area contributed by atoms with E-state index in [4.69, 9.17) is 5.73 Å². The molecule has 1 saturated carbocycles. The van der Waals surface area contributed by atoms with Crippen LogP contribution in [0.15, 0.2) is 11.0 Å². The number of nitrogens with one attached hydrogen (secondary N) is 1. The zero-order valence-electron chi connectivity index (χ0n) is 16.8. The summed E-state index contributed by atoms with van der Waals surface area (Å²) < 4.78 is 32.9. The fourth-order valence-corrected chi connectivity index (χ4v) is 3.99. The third-order valence-electron chi connectivity index (χ3n) is 5.76. The van der Waals surface area contributed by atoms with E-state index in [9.17, 15) is 14.7 Å². The quantitative estimate of drug-likeness (QED) is 0.648. The number of aromatic carboxylic acids is 1. The molecule has 2 fully saturated rings. The smallest absolute Gasteiger partial charge is 0.341 e. The predicted octanol–water partition coefficient (Wildman–Crippen LogP) is 1.44. The number of halogens is 2. The van der Waals surface area contributed by atoms with Gasteiger partial charge < -0.3 is 30.5 Å². The predicted molar refractivity (Wildman–Crippen MR) is 111 cm³/mol. The first-order valence-corrected chi connectivity index (χ1v) is 10.1. The minimum atomic E-state index is -1.43. The first-order valence-electron chi connectivity index (χ1n) is 10.1. The van der Waals surface area contributed by atoms with Crippen LogP contribution in [0, 0.1) is 11.6 Å². The number of pyridine rings is 1. The van der Waals surface area contributed by atoms with Crippen molar-refractivity contribution in [2.75, 3.05) is 56.5 Å². The molecule has 0 bridgehead atoms. The van der Waals surface area contributed by atoms with Gasteiger partial charge in [-0.05, 0) is 19.9 Å². The normalized spacial score (nSPS) is 17.5. The van der Waals surface area contributed by atoms with Crippen LogP contribution in [0.25, 0.3) is 10.9 Å². The van der Waals surface area contributed by atoms with E-state index in [1.807, 2.05) is 7.05 Å². The SMILES string of the molecule is CN1CCN(c2c(F)c(NCCN)c3c(=O)c(C(=O)O)cn(C4CC4)c3c2F)CC1. The van der Waals surface area contributed by atoms with E-state index in [1.165, 1.54) is 10.8 Å². The lowest BCUT2D eigenvalue weighted by Crippen LogP contribution is -2.45. The van der Waals surface area contributed by atoms with Crippen molar-refractivity contribution < 1.29 is 18.7 Å². The average molecular weight is 421 g/mol. The number of piperazine rings is 1. The average Bonchev–Trinajstić information content (AvgIpc) is 3.54. The number of carboxylic acid groups (broad SMARTS) is 1. The second kappa shape index (κ2) is 7.84. The zero-order chi connectivity index (χ0) is 21.6. The summed E-state index contributed by atoms with van der Waals surface area (Å²) in [6, 6.07) is -0.117. The van der Waals surface area contributed by atoms with E-state index >= 15 is 8.78 Å². The van der Waals surface area contributed by atoms with Crippen LogP contribution in [-0.4, -0.2) is 66.9 Å². The van der Waals surface area contributed by atoms with E-state index in [0.717, 1.165) is 12.8 Å². The molecule has 0 radical (unpaired) electrons. The van der Waals surface area contributed by atoms with Gasteiger partial charge >= 0.3 is 5.97 Å². The summed E-state index contributed by atoms with van der Waals surface area (Å²) in [4.78, 5) is 28.3. The van der Waals surface area contributed by atoms with Crippen molar-refractivity contribution in [3.8, 4) is 0 Å². The number of likely N-dealkylation sites (N-methyl/N-ethyl adjacent to an activating group) is 1. The number of rotatable bonds is 6. The third-order valence-corrected chi connectivity index (χ3v) is 5.76. The molecule has 0 spiro atoms. The maximum Gasteiger partial charge on any atom is 0.341 e. The Kier molecular flexibility index (Phi) is 5.37. The minimum absolute atomic E-state index is 0.0534. The lowest BCUT2D eigenvalue weighted by molar-refractivity contribution is 0.0695. The molecule has 2 aliphatic rings. The van der Waals surface area contributed by atoms with Gasteiger partial charge in [0, 0.05) is 51.5 Å². The van der Waals surface area contributed by atoms with Gasteiger partial charge in [-0.2, -0.15) is 0 Å². The summed E-state index contributed by atoms with van der Waals surface area (Å²) in [6.07, 6.45) is 2.67. The molecule has 1 aromatic carbocycles. The van der Waals surface area contributed by atoms with Gasteiger partial charge in [0.05, 0.1) is 16.6 Å². The first-order chi connectivity index (χ1) is 14.3. The molecule has 30 heavy (non-hydrogen) atoms. The van der Waals surface area contributed by atoms with Crippen molar-refractivity contribution in [3.63, 3.8) is 0 Å². The summed E-state index contributed by atoms with van der Waals surface area (Å²) in [6.45, 7) is 2.49. The van der Waals surface area contributed by atoms with Crippen LogP contribution in [0.2, 0.25) is 0 Å². The molecule has 10 heteroatoms. The van der Waals surface area contributed by atoms with Crippen LogP contribution in [0.1, 0.15) is 29.2 Å². The molecular weight excluding hydrogens is 396 g/mol. The highest BCUT2D eigenvalue weighted by atomic mass is 19.1. The number of carboxylic acids is 1. The van der Waals surface area contributed by atoms with Gasteiger partial charge in [0.2, 0.25) is 5.43 Å². The molecule has 162 valence electrons. The highest BCUT2D eigenvalue weighted by Gasteiger charge is 2.33. The highest BCUT2D eigenvalue weighted by molar-refractivity contribution is 6.00. The van der Waals surface area contributed by atoms with Gasteiger partial charge in [-0.3, -0.25) is 4.79 Å². The lowest BCUT2D eigenvalue weighted by Gasteiger charge is -2.35. The number of hydrogen-bond donors (Lipinski definition) is 3. The third kappa shape index (κ3) is 3.39. The van der Waals surface area contributed by atoms with Gasteiger partial charge in [0.25, 0.3) is 0 Å². The second-order valence-corrected chi connectivity index (χ2v) is 7.90. The minimum Gasteiger partial charge on any atom is -0.477 e. The van der Waals surface area contributed by atoms with E-state index in [-0.39, 0.29) is 41.4 Å². The highest BCUT2D eigenvalue weighted by Crippen LogP contribution is 2.42. The second-order valence-electron chi connectivity index (χ2n) is 7.90. The maximum absolute atomic E-state index is 15.8. The van der Waals surface area contributed by atoms with E-state index < -0.39 is 28.6 Å². The molecule has 0 atom stereocenters. The zero-order valence-corrected chi connectivity index (χ0v) is 16.8. The number of anilines is 2. The Bertz CT molecular complexity index is 1060. The van der Waals surface area contributed by atoms with Gasteiger partial charge in [-0.1, -0.05) is 0 Å². The Morgan fingerprint density at radius 3 is 2.47 bits per heavy atom. The fraction of sp³-hybridized carbons (Fsp3) is 0.500. The lowest BCUT2D eigenvalue weighted by atomic mass is 10.0. The molecule has 1 aromatic heterocycles. The Morgan fingerprint density at radius 2 is 1.90 bits per heavy atom. The molecule has 0 amide bonds.